The number of ether oxygens (including phenoxy) is 1. The summed E-state index contributed by atoms with van der Waals surface area (Å²) in [6.07, 6.45) is 1.89. The molecule has 1 aliphatic carbocycles. The second-order valence-corrected chi connectivity index (χ2v) is 5.48. The Kier molecular flexibility index (Phi) is 5.07. The molecule has 0 aromatic heterocycles. The van der Waals surface area contributed by atoms with Gasteiger partial charge in [0.25, 0.3) is 0 Å². The molecule has 0 aliphatic heterocycles. The van der Waals surface area contributed by atoms with Crippen LogP contribution in [0, 0.1) is 11.8 Å². The molecule has 1 saturated carbocycles. The van der Waals surface area contributed by atoms with Crippen molar-refractivity contribution in [1.82, 2.24) is 0 Å². The number of amides is 1. The highest BCUT2D eigenvalue weighted by Crippen LogP contribution is 2.34. The van der Waals surface area contributed by atoms with E-state index in [0.717, 1.165) is 6.42 Å². The molecule has 0 heterocycles. The number of hydrogen-bond acceptors (Lipinski definition) is 3. The van der Waals surface area contributed by atoms with E-state index in [1.54, 1.807) is 18.2 Å². The quantitative estimate of drug-likeness (QED) is 0.875. The van der Waals surface area contributed by atoms with E-state index in [2.05, 4.69) is 5.32 Å². The number of carboxylic acids is 1. The molecule has 0 saturated heterocycles. The third kappa shape index (κ3) is 3.67. The molecule has 1 fully saturated rings. The largest absolute Gasteiger partial charge is 0.492 e. The fraction of sp³-hybridized carbons (Fsp3) is 0.467. The molecule has 2 N–H and O–H groups in total. The normalized spacial score (nSPS) is 21.0. The van der Waals surface area contributed by atoms with E-state index in [1.807, 2.05) is 6.92 Å². The summed E-state index contributed by atoms with van der Waals surface area (Å²) in [5.74, 6) is -1.79. The maximum absolute atomic E-state index is 12.3. The van der Waals surface area contributed by atoms with Gasteiger partial charge in [-0.05, 0) is 38.0 Å². The van der Waals surface area contributed by atoms with Crippen molar-refractivity contribution < 1.29 is 19.4 Å². The molecular weight excluding hydrogens is 294 g/mol. The van der Waals surface area contributed by atoms with Crippen molar-refractivity contribution in [1.29, 1.82) is 0 Å². The van der Waals surface area contributed by atoms with Gasteiger partial charge < -0.3 is 15.2 Å². The molecule has 2 atom stereocenters. The van der Waals surface area contributed by atoms with E-state index in [0.29, 0.717) is 35.9 Å². The molecular formula is C15H18ClNO4. The van der Waals surface area contributed by atoms with Crippen molar-refractivity contribution in [3.63, 3.8) is 0 Å². The fourth-order valence-corrected chi connectivity index (χ4v) is 2.85. The number of rotatable bonds is 5. The highest BCUT2D eigenvalue weighted by atomic mass is 35.5. The highest BCUT2D eigenvalue weighted by molar-refractivity contribution is 6.31. The molecule has 1 aromatic carbocycles. The average Bonchev–Trinajstić information content (AvgIpc) is 2.91. The lowest BCUT2D eigenvalue weighted by atomic mass is 9.95. The summed E-state index contributed by atoms with van der Waals surface area (Å²) in [6, 6.07) is 4.97. The van der Waals surface area contributed by atoms with Gasteiger partial charge in [0.1, 0.15) is 5.75 Å². The van der Waals surface area contributed by atoms with Gasteiger partial charge in [0.2, 0.25) is 5.91 Å². The molecule has 0 unspecified atom stereocenters. The third-order valence-electron chi connectivity index (χ3n) is 3.67. The minimum absolute atomic E-state index is 0.289. The number of benzene rings is 1. The molecule has 1 amide bonds. The highest BCUT2D eigenvalue weighted by Gasteiger charge is 2.37. The van der Waals surface area contributed by atoms with E-state index in [9.17, 15) is 9.59 Å². The van der Waals surface area contributed by atoms with Crippen LogP contribution in [0.25, 0.3) is 0 Å². The SMILES string of the molecule is CCOc1ccc(Cl)cc1NC(=O)[C@@H]1CCC[C@@H]1C(=O)O. The second kappa shape index (κ2) is 6.80. The molecule has 1 aromatic rings. The smallest absolute Gasteiger partial charge is 0.307 e. The van der Waals surface area contributed by atoms with Gasteiger partial charge in [0, 0.05) is 5.02 Å². The first-order valence-electron chi connectivity index (χ1n) is 6.99. The molecule has 6 heteroatoms. The Labute approximate surface area is 128 Å². The number of nitrogens with one attached hydrogen (secondary N) is 1. The predicted octanol–water partition coefficient (Wildman–Crippen LogP) is 3.18. The summed E-state index contributed by atoms with van der Waals surface area (Å²) in [5.41, 5.74) is 0.477. The lowest BCUT2D eigenvalue weighted by molar-refractivity contribution is -0.145. The molecule has 2 rings (SSSR count). The zero-order valence-electron chi connectivity index (χ0n) is 11.8. The van der Waals surface area contributed by atoms with Crippen molar-refractivity contribution in [2.45, 2.75) is 26.2 Å². The zero-order valence-corrected chi connectivity index (χ0v) is 12.5. The van der Waals surface area contributed by atoms with Crippen molar-refractivity contribution in [2.75, 3.05) is 11.9 Å². The van der Waals surface area contributed by atoms with Gasteiger partial charge in [-0.1, -0.05) is 18.0 Å². The van der Waals surface area contributed by atoms with Crippen LogP contribution in [0.3, 0.4) is 0 Å². The molecule has 21 heavy (non-hydrogen) atoms. The van der Waals surface area contributed by atoms with Crippen molar-refractivity contribution in [2.24, 2.45) is 11.8 Å². The monoisotopic (exact) mass is 311 g/mol. The lowest BCUT2D eigenvalue weighted by Gasteiger charge is -2.17. The fourth-order valence-electron chi connectivity index (χ4n) is 2.68. The summed E-state index contributed by atoms with van der Waals surface area (Å²) < 4.78 is 5.44. The number of carbonyl (C=O) groups excluding carboxylic acids is 1. The maximum Gasteiger partial charge on any atom is 0.307 e. The minimum Gasteiger partial charge on any atom is -0.492 e. The first-order valence-corrected chi connectivity index (χ1v) is 7.36. The predicted molar refractivity (Wildman–Crippen MR) is 79.7 cm³/mol. The van der Waals surface area contributed by atoms with Crippen LogP contribution in [-0.4, -0.2) is 23.6 Å². The van der Waals surface area contributed by atoms with Crippen LogP contribution >= 0.6 is 11.6 Å². The van der Waals surface area contributed by atoms with E-state index in [1.165, 1.54) is 0 Å². The Balaban J connectivity index is 2.15. The number of anilines is 1. The maximum atomic E-state index is 12.3. The Hall–Kier alpha value is -1.75. The van der Waals surface area contributed by atoms with Crippen LogP contribution in [0.2, 0.25) is 5.02 Å². The van der Waals surface area contributed by atoms with Crippen molar-refractivity contribution in [3.8, 4) is 5.75 Å². The first kappa shape index (κ1) is 15.6. The molecule has 0 radical (unpaired) electrons. The van der Waals surface area contributed by atoms with Gasteiger partial charge in [0.05, 0.1) is 24.1 Å². The van der Waals surface area contributed by atoms with E-state index < -0.39 is 17.8 Å². The molecule has 114 valence electrons. The summed E-state index contributed by atoms with van der Waals surface area (Å²) in [5, 5.41) is 12.4. The van der Waals surface area contributed by atoms with Crippen LogP contribution in [0.15, 0.2) is 18.2 Å². The van der Waals surface area contributed by atoms with Gasteiger partial charge in [0.15, 0.2) is 0 Å². The Bertz CT molecular complexity index is 546. The summed E-state index contributed by atoms with van der Waals surface area (Å²) in [7, 11) is 0. The van der Waals surface area contributed by atoms with Crippen LogP contribution in [0.4, 0.5) is 5.69 Å². The average molecular weight is 312 g/mol. The van der Waals surface area contributed by atoms with Gasteiger partial charge >= 0.3 is 5.97 Å². The number of halogens is 1. The van der Waals surface area contributed by atoms with E-state index >= 15 is 0 Å². The zero-order chi connectivity index (χ0) is 15.4. The number of hydrogen-bond donors (Lipinski definition) is 2. The van der Waals surface area contributed by atoms with Gasteiger partial charge in [-0.3, -0.25) is 9.59 Å². The Morgan fingerprint density at radius 2 is 2.10 bits per heavy atom. The standard InChI is InChI=1S/C15H18ClNO4/c1-2-21-13-7-6-9(16)8-12(13)17-14(18)10-4-3-5-11(10)15(19)20/h6-8,10-11H,2-5H2,1H3,(H,17,18)(H,19,20)/t10-,11+/m1/s1. The Morgan fingerprint density at radius 1 is 1.38 bits per heavy atom. The van der Waals surface area contributed by atoms with Gasteiger partial charge in [-0.2, -0.15) is 0 Å². The second-order valence-electron chi connectivity index (χ2n) is 5.04. The summed E-state index contributed by atoms with van der Waals surface area (Å²) in [6.45, 7) is 2.31. The van der Waals surface area contributed by atoms with E-state index in [4.69, 9.17) is 21.4 Å². The van der Waals surface area contributed by atoms with Crippen LogP contribution in [0.5, 0.6) is 5.75 Å². The van der Waals surface area contributed by atoms with Crippen LogP contribution < -0.4 is 10.1 Å². The van der Waals surface area contributed by atoms with Crippen LogP contribution in [0.1, 0.15) is 26.2 Å². The number of carboxylic acid groups (broad SMARTS) is 1. The molecule has 1 aliphatic rings. The lowest BCUT2D eigenvalue weighted by Crippen LogP contribution is -2.30. The number of carbonyl (C=O) groups is 2. The summed E-state index contributed by atoms with van der Waals surface area (Å²) in [4.78, 5) is 23.5. The van der Waals surface area contributed by atoms with Gasteiger partial charge in [-0.15, -0.1) is 0 Å². The first-order chi connectivity index (χ1) is 10.0. The molecule has 0 bridgehead atoms. The third-order valence-corrected chi connectivity index (χ3v) is 3.90. The summed E-state index contributed by atoms with van der Waals surface area (Å²) >= 11 is 5.94. The molecule has 0 spiro atoms. The topological polar surface area (TPSA) is 75.6 Å². The van der Waals surface area contributed by atoms with Crippen molar-refractivity contribution in [3.05, 3.63) is 23.2 Å². The van der Waals surface area contributed by atoms with Crippen LogP contribution in [-0.2, 0) is 9.59 Å². The van der Waals surface area contributed by atoms with Crippen molar-refractivity contribution >= 4 is 29.2 Å². The van der Waals surface area contributed by atoms with Gasteiger partial charge in [-0.25, -0.2) is 0 Å². The number of aliphatic carboxylic acids is 1. The minimum atomic E-state index is -0.913. The molecule has 5 nitrogen and oxygen atoms in total. The van der Waals surface area contributed by atoms with E-state index in [-0.39, 0.29) is 5.91 Å². The Morgan fingerprint density at radius 3 is 2.76 bits per heavy atom.